The molecular weight excluding hydrogens is 361 g/mol. The number of aryl methyl sites for hydroxylation is 2. The van der Waals surface area contributed by atoms with E-state index < -0.39 is 5.97 Å². The lowest BCUT2D eigenvalue weighted by atomic mass is 10.1. The Labute approximate surface area is 157 Å². The Morgan fingerprint density at radius 1 is 1.08 bits per heavy atom. The third-order valence-electron chi connectivity index (χ3n) is 3.62. The number of anilines is 1. The second-order valence-electron chi connectivity index (χ2n) is 5.92. The number of hydrogen-bond acceptors (Lipinski definition) is 3. The lowest BCUT2D eigenvalue weighted by Gasteiger charge is -2.12. The van der Waals surface area contributed by atoms with Gasteiger partial charge in [-0.25, -0.2) is 4.79 Å². The number of aromatic carboxylic acids is 1. The average molecular weight is 382 g/mol. The van der Waals surface area contributed by atoms with Crippen LogP contribution in [0.3, 0.4) is 0 Å². The minimum atomic E-state index is -1.06. The summed E-state index contributed by atoms with van der Waals surface area (Å²) in [7, 11) is 0. The van der Waals surface area contributed by atoms with Gasteiger partial charge in [-0.3, -0.25) is 0 Å². The van der Waals surface area contributed by atoms with Crippen LogP contribution in [0.2, 0.25) is 10.0 Å². The lowest BCUT2D eigenvalue weighted by molar-refractivity contribution is 0.0698. The number of hydrogen-bond donors (Lipinski definition) is 2. The number of nitrogens with one attached hydrogen (secondary N) is 1. The van der Waals surface area contributed by atoms with Gasteiger partial charge in [0.2, 0.25) is 0 Å². The molecule has 6 heteroatoms. The summed E-state index contributed by atoms with van der Waals surface area (Å²) in [5, 5.41) is 12.9. The number of ether oxygens (including phenoxy) is 1. The second-order valence-corrected chi connectivity index (χ2v) is 6.76. The minimum Gasteiger partial charge on any atom is -0.494 e. The molecule has 0 saturated carbocycles. The van der Waals surface area contributed by atoms with Gasteiger partial charge < -0.3 is 15.2 Å². The van der Waals surface area contributed by atoms with Crippen LogP contribution in [0.25, 0.3) is 0 Å². The third-order valence-corrected chi connectivity index (χ3v) is 4.14. The van der Waals surface area contributed by atoms with Crippen LogP contribution in [-0.4, -0.2) is 24.2 Å². The van der Waals surface area contributed by atoms with E-state index in [2.05, 4.69) is 11.4 Å². The lowest BCUT2D eigenvalue weighted by Crippen LogP contribution is -2.09. The van der Waals surface area contributed by atoms with Crippen LogP contribution in [0.15, 0.2) is 30.3 Å². The van der Waals surface area contributed by atoms with Crippen molar-refractivity contribution < 1.29 is 14.6 Å². The van der Waals surface area contributed by atoms with Crippen LogP contribution in [0.4, 0.5) is 5.69 Å². The third kappa shape index (κ3) is 5.83. The number of unbranched alkanes of at least 4 members (excludes halogenated alkanes) is 1. The van der Waals surface area contributed by atoms with E-state index in [0.717, 1.165) is 18.6 Å². The van der Waals surface area contributed by atoms with Gasteiger partial charge in [-0.2, -0.15) is 0 Å². The van der Waals surface area contributed by atoms with E-state index in [4.69, 9.17) is 27.9 Å². The molecule has 0 bridgehead atoms. The van der Waals surface area contributed by atoms with Gasteiger partial charge >= 0.3 is 5.97 Å². The molecule has 0 aromatic heterocycles. The highest BCUT2D eigenvalue weighted by molar-refractivity contribution is 6.37. The Bertz CT molecular complexity index is 742. The molecular formula is C19H21Cl2NO3. The first-order valence-electron chi connectivity index (χ1n) is 8.04. The van der Waals surface area contributed by atoms with E-state index in [9.17, 15) is 9.90 Å². The van der Waals surface area contributed by atoms with Gasteiger partial charge in [0.1, 0.15) is 5.75 Å². The SMILES string of the molecule is Cc1cc(C)cc(OCCCCNc2c(Cl)cc(Cl)cc2C(=O)O)c1. The van der Waals surface area contributed by atoms with Crippen LogP contribution in [0.5, 0.6) is 5.75 Å². The van der Waals surface area contributed by atoms with E-state index in [1.807, 2.05) is 26.0 Å². The number of halogens is 2. The highest BCUT2D eigenvalue weighted by Gasteiger charge is 2.14. The Hall–Kier alpha value is -1.91. The molecule has 0 amide bonds. The molecule has 0 radical (unpaired) electrons. The van der Waals surface area contributed by atoms with E-state index in [1.54, 1.807) is 0 Å². The minimum absolute atomic E-state index is 0.0731. The van der Waals surface area contributed by atoms with Crippen molar-refractivity contribution in [2.75, 3.05) is 18.5 Å². The Balaban J connectivity index is 1.81. The zero-order valence-electron chi connectivity index (χ0n) is 14.2. The molecule has 4 nitrogen and oxygen atoms in total. The fraction of sp³-hybridized carbons (Fsp3) is 0.316. The molecule has 2 rings (SSSR count). The molecule has 0 aliphatic heterocycles. The number of carboxylic acids is 1. The van der Waals surface area contributed by atoms with Gasteiger partial charge in [0.25, 0.3) is 0 Å². The van der Waals surface area contributed by atoms with Gasteiger partial charge in [0, 0.05) is 11.6 Å². The molecule has 25 heavy (non-hydrogen) atoms. The molecule has 2 aromatic carbocycles. The normalized spacial score (nSPS) is 10.6. The van der Waals surface area contributed by atoms with Crippen molar-refractivity contribution in [1.82, 2.24) is 0 Å². The number of rotatable bonds is 8. The fourth-order valence-corrected chi connectivity index (χ4v) is 3.13. The molecule has 134 valence electrons. The van der Waals surface area contributed by atoms with E-state index >= 15 is 0 Å². The molecule has 0 saturated heterocycles. The zero-order valence-corrected chi connectivity index (χ0v) is 15.7. The predicted molar refractivity (Wildman–Crippen MR) is 103 cm³/mol. The molecule has 0 fully saturated rings. The molecule has 0 aliphatic carbocycles. The molecule has 0 atom stereocenters. The smallest absolute Gasteiger partial charge is 0.337 e. The monoisotopic (exact) mass is 381 g/mol. The van der Waals surface area contributed by atoms with Gasteiger partial charge in [-0.05, 0) is 62.1 Å². The first-order valence-corrected chi connectivity index (χ1v) is 8.79. The average Bonchev–Trinajstić information content (AvgIpc) is 2.50. The number of carbonyl (C=O) groups is 1. The summed E-state index contributed by atoms with van der Waals surface area (Å²) in [6.07, 6.45) is 1.66. The fourth-order valence-electron chi connectivity index (χ4n) is 2.57. The topological polar surface area (TPSA) is 58.6 Å². The van der Waals surface area contributed by atoms with E-state index in [0.29, 0.717) is 28.9 Å². The standard InChI is InChI=1S/C19H21Cl2NO3/c1-12-7-13(2)9-15(8-12)25-6-4-3-5-22-18-16(19(23)24)10-14(20)11-17(18)21/h7-11,22H,3-6H2,1-2H3,(H,23,24). The zero-order chi connectivity index (χ0) is 18.4. The van der Waals surface area contributed by atoms with Gasteiger partial charge in [-0.1, -0.05) is 29.3 Å². The first-order chi connectivity index (χ1) is 11.9. The summed E-state index contributed by atoms with van der Waals surface area (Å²) in [5.41, 5.74) is 2.82. The Morgan fingerprint density at radius 3 is 2.40 bits per heavy atom. The van der Waals surface area contributed by atoms with Crippen molar-refractivity contribution in [3.05, 3.63) is 57.1 Å². The van der Waals surface area contributed by atoms with Gasteiger partial charge in [-0.15, -0.1) is 0 Å². The molecule has 0 heterocycles. The molecule has 2 N–H and O–H groups in total. The largest absolute Gasteiger partial charge is 0.494 e. The van der Waals surface area contributed by atoms with Gasteiger partial charge in [0.05, 0.1) is 22.9 Å². The Kier molecular flexibility index (Phi) is 6.97. The van der Waals surface area contributed by atoms with Crippen molar-refractivity contribution >= 4 is 34.9 Å². The van der Waals surface area contributed by atoms with Crippen molar-refractivity contribution in [2.24, 2.45) is 0 Å². The first kappa shape index (κ1) is 19.4. The maximum atomic E-state index is 11.3. The van der Waals surface area contributed by atoms with Crippen molar-refractivity contribution in [3.63, 3.8) is 0 Å². The van der Waals surface area contributed by atoms with Crippen LogP contribution in [0, 0.1) is 13.8 Å². The van der Waals surface area contributed by atoms with Crippen LogP contribution in [-0.2, 0) is 0 Å². The summed E-state index contributed by atoms with van der Waals surface area (Å²) in [4.78, 5) is 11.3. The van der Waals surface area contributed by atoms with Crippen molar-refractivity contribution in [2.45, 2.75) is 26.7 Å². The summed E-state index contributed by atoms with van der Waals surface area (Å²) >= 11 is 12.0. The molecule has 0 unspecified atom stereocenters. The number of carboxylic acid groups (broad SMARTS) is 1. The quantitative estimate of drug-likeness (QED) is 0.585. The molecule has 0 spiro atoms. The molecule has 2 aromatic rings. The number of benzene rings is 2. The summed E-state index contributed by atoms with van der Waals surface area (Å²) in [5.74, 6) is -0.190. The maximum absolute atomic E-state index is 11.3. The highest BCUT2D eigenvalue weighted by Crippen LogP contribution is 2.30. The Morgan fingerprint density at radius 2 is 1.76 bits per heavy atom. The van der Waals surface area contributed by atoms with Crippen LogP contribution < -0.4 is 10.1 Å². The summed E-state index contributed by atoms with van der Waals surface area (Å²) < 4.78 is 5.76. The van der Waals surface area contributed by atoms with Gasteiger partial charge in [0.15, 0.2) is 0 Å². The van der Waals surface area contributed by atoms with Crippen molar-refractivity contribution in [1.29, 1.82) is 0 Å². The summed E-state index contributed by atoms with van der Waals surface area (Å²) in [6.45, 7) is 5.28. The maximum Gasteiger partial charge on any atom is 0.337 e. The predicted octanol–water partition coefficient (Wildman–Crippen LogP) is 5.58. The highest BCUT2D eigenvalue weighted by atomic mass is 35.5. The van der Waals surface area contributed by atoms with E-state index in [1.165, 1.54) is 23.3 Å². The van der Waals surface area contributed by atoms with Crippen LogP contribution in [0.1, 0.15) is 34.3 Å². The summed E-state index contributed by atoms with van der Waals surface area (Å²) in [6, 6.07) is 9.05. The molecule has 0 aliphatic rings. The van der Waals surface area contributed by atoms with Crippen LogP contribution >= 0.6 is 23.2 Å². The second kappa shape index (κ2) is 8.97. The van der Waals surface area contributed by atoms with Crippen molar-refractivity contribution in [3.8, 4) is 5.75 Å². The van der Waals surface area contributed by atoms with E-state index in [-0.39, 0.29) is 5.56 Å².